The van der Waals surface area contributed by atoms with Gasteiger partial charge < -0.3 is 10.2 Å². The van der Waals surface area contributed by atoms with Gasteiger partial charge in [0.25, 0.3) is 5.91 Å². The van der Waals surface area contributed by atoms with Crippen LogP contribution < -0.4 is 10.2 Å². The molecule has 1 aromatic carbocycles. The van der Waals surface area contributed by atoms with Crippen molar-refractivity contribution in [3.05, 3.63) is 51.7 Å². The lowest BCUT2D eigenvalue weighted by Gasteiger charge is -2.32. The van der Waals surface area contributed by atoms with E-state index in [1.54, 1.807) is 4.88 Å². The number of aryl methyl sites for hydroxylation is 1. The molecule has 2 aromatic rings. The minimum absolute atomic E-state index is 0.133. The van der Waals surface area contributed by atoms with Gasteiger partial charge in [0.05, 0.1) is 6.54 Å². The number of carbonyl (C=O) groups excluding carboxylic acids is 1. The van der Waals surface area contributed by atoms with E-state index in [4.69, 9.17) is 0 Å². The Morgan fingerprint density at radius 1 is 1.26 bits per heavy atom. The predicted octanol–water partition coefficient (Wildman–Crippen LogP) is 2.59. The highest BCUT2D eigenvalue weighted by Gasteiger charge is 2.43. The summed E-state index contributed by atoms with van der Waals surface area (Å²) in [6.45, 7) is 3.71. The van der Waals surface area contributed by atoms with Gasteiger partial charge in [-0.1, -0.05) is 17.7 Å². The number of fused-ring (bicyclic) bond motifs is 1. The fourth-order valence-electron chi connectivity index (χ4n) is 3.74. The second-order valence-electron chi connectivity index (χ2n) is 6.86. The van der Waals surface area contributed by atoms with E-state index in [-0.39, 0.29) is 5.91 Å². The van der Waals surface area contributed by atoms with E-state index in [1.807, 2.05) is 35.6 Å². The summed E-state index contributed by atoms with van der Waals surface area (Å²) in [6, 6.07) is 10.9. The Hall–Kier alpha value is -1.65. The van der Waals surface area contributed by atoms with Gasteiger partial charge in [0.1, 0.15) is 6.04 Å². The number of hydrogen-bond acceptors (Lipinski definition) is 2. The number of benzene rings is 1. The molecule has 0 radical (unpaired) electrons. The average Bonchev–Trinajstić information content (AvgIpc) is 3.26. The molecule has 4 heteroatoms. The molecule has 1 saturated carbocycles. The van der Waals surface area contributed by atoms with Crippen molar-refractivity contribution in [3.63, 3.8) is 0 Å². The largest absolute Gasteiger partial charge is 0.321 e. The highest BCUT2D eigenvalue weighted by molar-refractivity contribution is 7.10. The van der Waals surface area contributed by atoms with Crippen LogP contribution in [0.4, 0.5) is 5.69 Å². The first-order valence-electron chi connectivity index (χ1n) is 8.48. The molecule has 2 aliphatic rings. The van der Waals surface area contributed by atoms with Crippen LogP contribution in [0.1, 0.15) is 34.9 Å². The zero-order valence-corrected chi connectivity index (χ0v) is 14.3. The van der Waals surface area contributed by atoms with Crippen molar-refractivity contribution in [1.82, 2.24) is 0 Å². The molecule has 0 saturated heterocycles. The van der Waals surface area contributed by atoms with Crippen molar-refractivity contribution in [2.45, 2.75) is 32.2 Å². The standard InChI is InChI=1S/C19H22N2OS/c1-13-2-6-15(7-3-13)20-18(22)12-21-10-8-17-16(9-11-23-17)19(21)14-4-5-14/h2-3,6-7,9,11,14,19H,4-5,8,10,12H2,1H3,(H,20,22)/p+1/t19-/m1/s1. The normalized spacial score (nSPS) is 23.3. The Kier molecular flexibility index (Phi) is 3.95. The molecule has 120 valence electrons. The molecule has 1 aromatic heterocycles. The van der Waals surface area contributed by atoms with Crippen molar-refractivity contribution < 1.29 is 9.69 Å². The summed E-state index contributed by atoms with van der Waals surface area (Å²) in [6.07, 6.45) is 3.76. The number of amides is 1. The van der Waals surface area contributed by atoms with Gasteiger partial charge in [-0.2, -0.15) is 0 Å². The van der Waals surface area contributed by atoms with E-state index in [0.29, 0.717) is 12.6 Å². The fraction of sp³-hybridized carbons (Fsp3) is 0.421. The highest BCUT2D eigenvalue weighted by Crippen LogP contribution is 2.42. The van der Waals surface area contributed by atoms with E-state index in [1.165, 1.54) is 28.9 Å². The summed E-state index contributed by atoms with van der Waals surface area (Å²) in [5.74, 6) is 0.916. The van der Waals surface area contributed by atoms with E-state index >= 15 is 0 Å². The Morgan fingerprint density at radius 2 is 2.04 bits per heavy atom. The molecule has 3 nitrogen and oxygen atoms in total. The van der Waals surface area contributed by atoms with E-state index in [0.717, 1.165) is 24.6 Å². The Bertz CT molecular complexity index is 702. The van der Waals surface area contributed by atoms with Crippen LogP contribution in [0.3, 0.4) is 0 Å². The van der Waals surface area contributed by atoms with Gasteiger partial charge in [0.15, 0.2) is 6.54 Å². The number of nitrogens with one attached hydrogen (secondary N) is 2. The van der Waals surface area contributed by atoms with Crippen LogP contribution in [0.5, 0.6) is 0 Å². The minimum Gasteiger partial charge on any atom is -0.321 e. The quantitative estimate of drug-likeness (QED) is 0.889. The summed E-state index contributed by atoms with van der Waals surface area (Å²) in [5.41, 5.74) is 3.63. The van der Waals surface area contributed by atoms with Crippen molar-refractivity contribution in [3.8, 4) is 0 Å². The molecule has 4 rings (SSSR count). The highest BCUT2D eigenvalue weighted by atomic mass is 32.1. The van der Waals surface area contributed by atoms with Crippen LogP contribution in [0.25, 0.3) is 0 Å². The first-order valence-corrected chi connectivity index (χ1v) is 9.36. The van der Waals surface area contributed by atoms with Crippen LogP contribution in [0.15, 0.2) is 35.7 Å². The third-order valence-electron chi connectivity index (χ3n) is 5.04. The van der Waals surface area contributed by atoms with Crippen molar-refractivity contribution in [2.24, 2.45) is 5.92 Å². The summed E-state index contributed by atoms with van der Waals surface area (Å²) >= 11 is 1.89. The number of anilines is 1. The first kappa shape index (κ1) is 14.9. The van der Waals surface area contributed by atoms with Gasteiger partial charge >= 0.3 is 0 Å². The predicted molar refractivity (Wildman–Crippen MR) is 94.0 cm³/mol. The molecular weight excluding hydrogens is 304 g/mol. The van der Waals surface area contributed by atoms with E-state index in [9.17, 15) is 4.79 Å². The zero-order chi connectivity index (χ0) is 15.8. The van der Waals surface area contributed by atoms with Gasteiger partial charge in [-0.25, -0.2) is 0 Å². The van der Waals surface area contributed by atoms with Gasteiger partial charge in [-0.3, -0.25) is 4.79 Å². The van der Waals surface area contributed by atoms with Crippen molar-refractivity contribution in [2.75, 3.05) is 18.4 Å². The molecule has 2 atom stereocenters. The van der Waals surface area contributed by atoms with Gasteiger partial charge in [0, 0.05) is 28.5 Å². The molecule has 1 amide bonds. The molecular formula is C19H23N2OS+. The van der Waals surface area contributed by atoms with Gasteiger partial charge in [0.2, 0.25) is 0 Å². The van der Waals surface area contributed by atoms with Crippen LogP contribution in [0, 0.1) is 12.8 Å². The average molecular weight is 327 g/mol. The second-order valence-corrected chi connectivity index (χ2v) is 7.86. The van der Waals surface area contributed by atoms with E-state index < -0.39 is 0 Å². The molecule has 0 bridgehead atoms. The maximum absolute atomic E-state index is 12.5. The molecule has 1 unspecified atom stereocenters. The number of rotatable bonds is 4. The maximum atomic E-state index is 12.5. The van der Waals surface area contributed by atoms with Crippen LogP contribution in [0.2, 0.25) is 0 Å². The Morgan fingerprint density at radius 3 is 2.78 bits per heavy atom. The SMILES string of the molecule is Cc1ccc(NC(=O)C[NH+]2CCc3sccc3[C@H]2C2CC2)cc1. The fourth-order valence-corrected chi connectivity index (χ4v) is 4.67. The lowest BCUT2D eigenvalue weighted by molar-refractivity contribution is -0.928. The smallest absolute Gasteiger partial charge is 0.279 e. The van der Waals surface area contributed by atoms with Crippen molar-refractivity contribution in [1.29, 1.82) is 0 Å². The third-order valence-corrected chi connectivity index (χ3v) is 6.04. The summed E-state index contributed by atoms with van der Waals surface area (Å²) < 4.78 is 0. The summed E-state index contributed by atoms with van der Waals surface area (Å²) in [5, 5.41) is 5.27. The van der Waals surface area contributed by atoms with Crippen LogP contribution in [-0.2, 0) is 11.2 Å². The molecule has 1 aliphatic heterocycles. The topological polar surface area (TPSA) is 33.5 Å². The van der Waals surface area contributed by atoms with Gasteiger partial charge in [-0.05, 0) is 43.3 Å². The van der Waals surface area contributed by atoms with E-state index in [2.05, 4.69) is 23.7 Å². The molecule has 2 heterocycles. The minimum atomic E-state index is 0.133. The molecule has 2 N–H and O–H groups in total. The zero-order valence-electron chi connectivity index (χ0n) is 13.5. The molecule has 23 heavy (non-hydrogen) atoms. The number of carbonyl (C=O) groups is 1. The Balaban J connectivity index is 1.45. The number of thiophene rings is 1. The summed E-state index contributed by atoms with van der Waals surface area (Å²) in [7, 11) is 0. The second kappa shape index (κ2) is 6.10. The monoisotopic (exact) mass is 327 g/mol. The lowest BCUT2D eigenvalue weighted by Crippen LogP contribution is -3.14. The molecule has 1 aliphatic carbocycles. The Labute approximate surface area is 141 Å². The summed E-state index contributed by atoms with van der Waals surface area (Å²) in [4.78, 5) is 15.5. The van der Waals surface area contributed by atoms with Crippen LogP contribution in [-0.4, -0.2) is 19.0 Å². The van der Waals surface area contributed by atoms with Gasteiger partial charge in [-0.15, -0.1) is 11.3 Å². The molecule has 1 fully saturated rings. The lowest BCUT2D eigenvalue weighted by atomic mass is 9.96. The van der Waals surface area contributed by atoms with Crippen LogP contribution >= 0.6 is 11.3 Å². The number of hydrogen-bond donors (Lipinski definition) is 2. The molecule has 0 spiro atoms. The van der Waals surface area contributed by atoms with Crippen molar-refractivity contribution >= 4 is 22.9 Å². The maximum Gasteiger partial charge on any atom is 0.279 e. The first-order chi connectivity index (χ1) is 11.2. The third kappa shape index (κ3) is 3.19. The number of quaternary nitrogens is 1.